The highest BCUT2D eigenvalue weighted by Crippen LogP contribution is 2.26. The van der Waals surface area contributed by atoms with E-state index in [9.17, 15) is 0 Å². The van der Waals surface area contributed by atoms with Crippen molar-refractivity contribution in [2.45, 2.75) is 25.3 Å². The van der Waals surface area contributed by atoms with Crippen LogP contribution in [-0.4, -0.2) is 29.7 Å². The van der Waals surface area contributed by atoms with Gasteiger partial charge in [0.05, 0.1) is 12.8 Å². The molecule has 3 aromatic rings. The van der Waals surface area contributed by atoms with E-state index in [1.165, 1.54) is 18.4 Å². The standard InChI is InChI=1S/C22H24N4O/c1-27-19-9-5-6-16(14-19)12-13-23-21-15-20(17-7-3-2-4-8-17)25-22(26-21)24-18-10-11-18/h2-9,14-15,18H,10-13H2,1H3,(H2,23,24,25,26). The summed E-state index contributed by atoms with van der Waals surface area (Å²) < 4.78 is 5.29. The molecule has 0 amide bonds. The van der Waals surface area contributed by atoms with Crippen molar-refractivity contribution < 1.29 is 4.74 Å². The molecule has 0 saturated heterocycles. The monoisotopic (exact) mass is 360 g/mol. The third-order valence-electron chi connectivity index (χ3n) is 4.56. The first-order chi connectivity index (χ1) is 13.3. The van der Waals surface area contributed by atoms with Crippen molar-refractivity contribution in [3.8, 4) is 17.0 Å². The van der Waals surface area contributed by atoms with E-state index in [1.807, 2.05) is 36.4 Å². The molecule has 0 unspecified atom stereocenters. The molecule has 1 saturated carbocycles. The van der Waals surface area contributed by atoms with Gasteiger partial charge < -0.3 is 15.4 Å². The molecule has 27 heavy (non-hydrogen) atoms. The summed E-state index contributed by atoms with van der Waals surface area (Å²) in [5.74, 6) is 2.43. The minimum atomic E-state index is 0.514. The Morgan fingerprint density at radius 3 is 2.63 bits per heavy atom. The number of nitrogens with zero attached hydrogens (tertiary/aromatic N) is 2. The minimum Gasteiger partial charge on any atom is -0.497 e. The van der Waals surface area contributed by atoms with Gasteiger partial charge in [0.25, 0.3) is 0 Å². The maximum absolute atomic E-state index is 5.29. The van der Waals surface area contributed by atoms with E-state index in [0.717, 1.165) is 35.8 Å². The van der Waals surface area contributed by atoms with Gasteiger partial charge in [0.15, 0.2) is 0 Å². The zero-order valence-electron chi connectivity index (χ0n) is 15.5. The van der Waals surface area contributed by atoms with Crippen LogP contribution < -0.4 is 15.4 Å². The Morgan fingerprint density at radius 2 is 1.85 bits per heavy atom. The van der Waals surface area contributed by atoms with Gasteiger partial charge in [0, 0.05) is 24.2 Å². The molecule has 1 aromatic heterocycles. The highest BCUT2D eigenvalue weighted by atomic mass is 16.5. The highest BCUT2D eigenvalue weighted by molar-refractivity contribution is 5.64. The van der Waals surface area contributed by atoms with Crippen LogP contribution in [0.3, 0.4) is 0 Å². The molecule has 1 heterocycles. The fourth-order valence-corrected chi connectivity index (χ4v) is 2.93. The molecule has 0 radical (unpaired) electrons. The van der Waals surface area contributed by atoms with Crippen molar-refractivity contribution in [3.63, 3.8) is 0 Å². The predicted molar refractivity (Wildman–Crippen MR) is 109 cm³/mol. The zero-order valence-corrected chi connectivity index (χ0v) is 15.5. The SMILES string of the molecule is COc1cccc(CCNc2cc(-c3ccccc3)nc(NC3CC3)n2)c1. The molecule has 2 N–H and O–H groups in total. The molecule has 138 valence electrons. The van der Waals surface area contributed by atoms with Gasteiger partial charge in [-0.15, -0.1) is 0 Å². The van der Waals surface area contributed by atoms with Crippen LogP contribution in [0.15, 0.2) is 60.7 Å². The van der Waals surface area contributed by atoms with Crippen molar-refractivity contribution in [1.29, 1.82) is 0 Å². The van der Waals surface area contributed by atoms with Crippen LogP contribution in [0, 0.1) is 0 Å². The third-order valence-corrected chi connectivity index (χ3v) is 4.56. The summed E-state index contributed by atoms with van der Waals surface area (Å²) in [6.07, 6.45) is 3.28. The molecule has 4 rings (SSSR count). The lowest BCUT2D eigenvalue weighted by molar-refractivity contribution is 0.414. The Labute approximate surface area is 159 Å². The first-order valence-corrected chi connectivity index (χ1v) is 9.38. The summed E-state index contributed by atoms with van der Waals surface area (Å²) in [5, 5.41) is 6.85. The summed E-state index contributed by atoms with van der Waals surface area (Å²) in [6.45, 7) is 0.793. The second kappa shape index (κ2) is 8.08. The molecular formula is C22H24N4O. The van der Waals surface area contributed by atoms with Crippen molar-refractivity contribution in [2.24, 2.45) is 0 Å². The number of benzene rings is 2. The van der Waals surface area contributed by atoms with Gasteiger partial charge in [-0.1, -0.05) is 42.5 Å². The van der Waals surface area contributed by atoms with Crippen molar-refractivity contribution >= 4 is 11.8 Å². The van der Waals surface area contributed by atoms with Gasteiger partial charge in [-0.05, 0) is 37.0 Å². The van der Waals surface area contributed by atoms with Gasteiger partial charge in [0.2, 0.25) is 5.95 Å². The van der Waals surface area contributed by atoms with Crippen LogP contribution in [0.1, 0.15) is 18.4 Å². The van der Waals surface area contributed by atoms with E-state index in [-0.39, 0.29) is 0 Å². The highest BCUT2D eigenvalue weighted by Gasteiger charge is 2.22. The Morgan fingerprint density at radius 1 is 1.00 bits per heavy atom. The lowest BCUT2D eigenvalue weighted by Crippen LogP contribution is -2.11. The molecule has 0 bridgehead atoms. The summed E-state index contributed by atoms with van der Waals surface area (Å²) in [5.41, 5.74) is 3.25. The average Bonchev–Trinajstić information content (AvgIpc) is 3.53. The van der Waals surface area contributed by atoms with E-state index in [4.69, 9.17) is 9.72 Å². The summed E-state index contributed by atoms with van der Waals surface area (Å²) in [7, 11) is 1.69. The first-order valence-electron chi connectivity index (χ1n) is 9.38. The second-order valence-electron chi connectivity index (χ2n) is 6.77. The van der Waals surface area contributed by atoms with Crippen LogP contribution in [0.5, 0.6) is 5.75 Å². The van der Waals surface area contributed by atoms with Gasteiger partial charge >= 0.3 is 0 Å². The Hall–Kier alpha value is -3.08. The largest absolute Gasteiger partial charge is 0.497 e. The van der Waals surface area contributed by atoms with E-state index in [2.05, 4.69) is 39.9 Å². The number of anilines is 2. The molecule has 2 aromatic carbocycles. The van der Waals surface area contributed by atoms with Crippen LogP contribution >= 0.6 is 0 Å². The minimum absolute atomic E-state index is 0.514. The zero-order chi connectivity index (χ0) is 18.5. The van der Waals surface area contributed by atoms with Gasteiger partial charge in [0.1, 0.15) is 11.6 Å². The fourth-order valence-electron chi connectivity index (χ4n) is 2.93. The van der Waals surface area contributed by atoms with Crippen molar-refractivity contribution in [1.82, 2.24) is 9.97 Å². The topological polar surface area (TPSA) is 59.1 Å². The van der Waals surface area contributed by atoms with Crippen molar-refractivity contribution in [2.75, 3.05) is 24.3 Å². The number of ether oxygens (including phenoxy) is 1. The Kier molecular flexibility index (Phi) is 5.19. The summed E-state index contributed by atoms with van der Waals surface area (Å²) in [4.78, 5) is 9.34. The molecule has 5 heteroatoms. The number of aromatic nitrogens is 2. The quantitative estimate of drug-likeness (QED) is 0.624. The van der Waals surface area contributed by atoms with Crippen LogP contribution in [0.4, 0.5) is 11.8 Å². The molecule has 5 nitrogen and oxygen atoms in total. The maximum atomic E-state index is 5.29. The third kappa shape index (κ3) is 4.76. The van der Waals surface area contributed by atoms with Gasteiger partial charge in [-0.3, -0.25) is 0 Å². The van der Waals surface area contributed by atoms with E-state index < -0.39 is 0 Å². The number of nitrogens with one attached hydrogen (secondary N) is 2. The average molecular weight is 360 g/mol. The number of hydrogen-bond donors (Lipinski definition) is 2. The van der Waals surface area contributed by atoms with E-state index in [0.29, 0.717) is 12.0 Å². The molecular weight excluding hydrogens is 336 g/mol. The van der Waals surface area contributed by atoms with E-state index in [1.54, 1.807) is 7.11 Å². The molecule has 0 aliphatic heterocycles. The smallest absolute Gasteiger partial charge is 0.225 e. The van der Waals surface area contributed by atoms with Gasteiger partial charge in [-0.25, -0.2) is 4.98 Å². The van der Waals surface area contributed by atoms with Gasteiger partial charge in [-0.2, -0.15) is 4.98 Å². The van der Waals surface area contributed by atoms with E-state index >= 15 is 0 Å². The maximum Gasteiger partial charge on any atom is 0.225 e. The summed E-state index contributed by atoms with van der Waals surface area (Å²) in [6, 6.07) is 20.9. The lowest BCUT2D eigenvalue weighted by atomic mass is 10.1. The fraction of sp³-hybridized carbons (Fsp3) is 0.273. The summed E-state index contributed by atoms with van der Waals surface area (Å²) >= 11 is 0. The first kappa shape index (κ1) is 17.3. The molecule has 1 aliphatic carbocycles. The Balaban J connectivity index is 1.48. The predicted octanol–water partition coefficient (Wildman–Crippen LogP) is 4.38. The Bertz CT molecular complexity index is 894. The number of rotatable bonds is 8. The van der Waals surface area contributed by atoms with Crippen LogP contribution in [0.25, 0.3) is 11.3 Å². The second-order valence-corrected chi connectivity index (χ2v) is 6.77. The van der Waals surface area contributed by atoms with Crippen LogP contribution in [-0.2, 0) is 6.42 Å². The molecule has 1 aliphatic rings. The number of hydrogen-bond acceptors (Lipinski definition) is 5. The molecule has 0 atom stereocenters. The lowest BCUT2D eigenvalue weighted by Gasteiger charge is -2.11. The van der Waals surface area contributed by atoms with Crippen LogP contribution in [0.2, 0.25) is 0 Å². The van der Waals surface area contributed by atoms with Crippen molar-refractivity contribution in [3.05, 3.63) is 66.2 Å². The number of methoxy groups -OCH3 is 1. The molecule has 0 spiro atoms. The normalized spacial score (nSPS) is 13.2. The molecule has 1 fully saturated rings.